The van der Waals surface area contributed by atoms with Crippen LogP contribution in [0.15, 0.2) is 58.3 Å². The number of allylic oxidation sites excluding steroid dienone is 1. The highest BCUT2D eigenvalue weighted by atomic mass is 16.5. The lowest BCUT2D eigenvalue weighted by molar-refractivity contribution is -0.116. The molecule has 2 heterocycles. The lowest BCUT2D eigenvalue weighted by Gasteiger charge is -2.32. The number of ether oxygens (including phenoxy) is 1. The molecular formula is C23H27N3O4. The number of para-hydroxylation sites is 2. The van der Waals surface area contributed by atoms with Gasteiger partial charge < -0.3 is 19.8 Å². The predicted octanol–water partition coefficient (Wildman–Crippen LogP) is 4.40. The number of ketones is 1. The van der Waals surface area contributed by atoms with Crippen LogP contribution in [-0.2, 0) is 9.53 Å². The summed E-state index contributed by atoms with van der Waals surface area (Å²) in [6.07, 6.45) is 4.31. The minimum atomic E-state index is -0.620. The van der Waals surface area contributed by atoms with Gasteiger partial charge in [-0.1, -0.05) is 12.1 Å². The molecular weight excluding hydrogens is 382 g/mol. The van der Waals surface area contributed by atoms with Crippen molar-refractivity contribution in [2.45, 2.75) is 38.6 Å². The Balaban J connectivity index is 1.75. The summed E-state index contributed by atoms with van der Waals surface area (Å²) < 4.78 is 11.1. The summed E-state index contributed by atoms with van der Waals surface area (Å²) in [4.78, 5) is 28.1. The third-order valence-corrected chi connectivity index (χ3v) is 5.41. The zero-order valence-electron chi connectivity index (χ0n) is 17.1. The Bertz CT molecular complexity index is 936. The summed E-state index contributed by atoms with van der Waals surface area (Å²) in [5.41, 5.74) is 2.99. The van der Waals surface area contributed by atoms with Gasteiger partial charge in [-0.05, 0) is 50.5 Å². The number of benzene rings is 1. The largest absolute Gasteiger partial charge is 0.467 e. The van der Waals surface area contributed by atoms with E-state index in [0.29, 0.717) is 49.6 Å². The number of nitrogens with one attached hydrogen (secondary N) is 2. The molecule has 158 valence electrons. The smallest absolute Gasteiger partial charge is 0.322 e. The number of rotatable bonds is 6. The van der Waals surface area contributed by atoms with E-state index in [1.165, 1.54) is 0 Å². The maximum atomic E-state index is 13.4. The first-order valence-electron chi connectivity index (χ1n) is 10.5. The number of hydrogen-bond acceptors (Lipinski definition) is 5. The average Bonchev–Trinajstić information content (AvgIpc) is 3.23. The molecule has 0 unspecified atom stereocenters. The minimum Gasteiger partial charge on any atom is -0.467 e. The van der Waals surface area contributed by atoms with E-state index in [-0.39, 0.29) is 11.8 Å². The molecule has 0 saturated carbocycles. The molecule has 1 aliphatic carbocycles. The number of nitrogens with zero attached hydrogens (tertiary/aromatic N) is 1. The third-order valence-electron chi connectivity index (χ3n) is 5.41. The second-order valence-electron chi connectivity index (χ2n) is 7.38. The second kappa shape index (κ2) is 9.17. The Labute approximate surface area is 176 Å². The molecule has 1 aromatic carbocycles. The fourth-order valence-corrected chi connectivity index (χ4v) is 4.07. The van der Waals surface area contributed by atoms with Crippen LogP contribution in [0.25, 0.3) is 0 Å². The van der Waals surface area contributed by atoms with Gasteiger partial charge in [0.15, 0.2) is 5.78 Å². The summed E-state index contributed by atoms with van der Waals surface area (Å²) in [6, 6.07) is 10.3. The Kier molecular flexibility index (Phi) is 6.18. The predicted molar refractivity (Wildman–Crippen MR) is 114 cm³/mol. The van der Waals surface area contributed by atoms with Crippen LogP contribution in [0.3, 0.4) is 0 Å². The van der Waals surface area contributed by atoms with E-state index in [9.17, 15) is 9.59 Å². The molecule has 2 aliphatic rings. The average molecular weight is 409 g/mol. The topological polar surface area (TPSA) is 83.8 Å². The van der Waals surface area contributed by atoms with Gasteiger partial charge in [-0.15, -0.1) is 0 Å². The minimum absolute atomic E-state index is 0.0482. The fraction of sp³-hybridized carbons (Fsp3) is 0.391. The third kappa shape index (κ3) is 3.98. The SMILES string of the molecule is CCOCCCNC(=O)N1c2ccccc2NC2=C(C(=O)CCC2)[C@H]1c1ccco1. The van der Waals surface area contributed by atoms with Crippen LogP contribution >= 0.6 is 0 Å². The van der Waals surface area contributed by atoms with Gasteiger partial charge in [-0.25, -0.2) is 4.79 Å². The first-order valence-corrected chi connectivity index (χ1v) is 10.5. The van der Waals surface area contributed by atoms with Crippen LogP contribution in [0.2, 0.25) is 0 Å². The molecule has 0 spiro atoms. The summed E-state index contributed by atoms with van der Waals surface area (Å²) in [5.74, 6) is 0.618. The number of fused-ring (bicyclic) bond motifs is 1. The number of Topliss-reactive ketones (excluding diaryl/α,β-unsaturated/α-hetero) is 1. The van der Waals surface area contributed by atoms with Gasteiger partial charge in [0, 0.05) is 37.4 Å². The highest BCUT2D eigenvalue weighted by Crippen LogP contribution is 2.44. The van der Waals surface area contributed by atoms with Crippen molar-refractivity contribution in [3.63, 3.8) is 0 Å². The van der Waals surface area contributed by atoms with Crippen LogP contribution in [-0.4, -0.2) is 31.6 Å². The maximum absolute atomic E-state index is 13.4. The molecule has 2 N–H and O–H groups in total. The van der Waals surface area contributed by atoms with E-state index in [1.54, 1.807) is 17.2 Å². The standard InChI is InChI=1S/C23H27N3O4/c1-2-29-14-7-13-24-23(28)26-18-10-4-3-8-16(18)25-17-9-5-11-19(27)21(17)22(26)20-12-6-15-30-20/h3-4,6,8,10,12,15,22,25H,2,5,7,9,11,13-14H2,1H3,(H,24,28)/t22-/m1/s1. The van der Waals surface area contributed by atoms with Crippen molar-refractivity contribution in [1.29, 1.82) is 0 Å². The van der Waals surface area contributed by atoms with Crippen molar-refractivity contribution in [1.82, 2.24) is 5.32 Å². The molecule has 1 aliphatic heterocycles. The van der Waals surface area contributed by atoms with Gasteiger partial charge in [0.05, 0.1) is 17.6 Å². The van der Waals surface area contributed by atoms with Crippen LogP contribution in [0.4, 0.5) is 16.2 Å². The number of furan rings is 1. The van der Waals surface area contributed by atoms with Crippen LogP contribution < -0.4 is 15.5 Å². The Morgan fingerprint density at radius 3 is 2.93 bits per heavy atom. The van der Waals surface area contributed by atoms with E-state index in [2.05, 4.69) is 10.6 Å². The molecule has 0 saturated heterocycles. The van der Waals surface area contributed by atoms with Crippen molar-refractivity contribution < 1.29 is 18.7 Å². The Morgan fingerprint density at radius 2 is 2.13 bits per heavy atom. The zero-order chi connectivity index (χ0) is 20.9. The summed E-state index contributed by atoms with van der Waals surface area (Å²) >= 11 is 0. The summed E-state index contributed by atoms with van der Waals surface area (Å²) in [6.45, 7) is 3.67. The fourth-order valence-electron chi connectivity index (χ4n) is 4.07. The molecule has 4 rings (SSSR count). The number of urea groups is 1. The Hall–Kier alpha value is -3.06. The molecule has 2 amide bonds. The first kappa shape index (κ1) is 20.2. The Morgan fingerprint density at radius 1 is 1.27 bits per heavy atom. The second-order valence-corrected chi connectivity index (χ2v) is 7.38. The van der Waals surface area contributed by atoms with E-state index in [4.69, 9.17) is 9.15 Å². The van der Waals surface area contributed by atoms with Gasteiger partial charge in [-0.2, -0.15) is 0 Å². The highest BCUT2D eigenvalue weighted by molar-refractivity contribution is 6.05. The number of carbonyl (C=O) groups is 2. The molecule has 1 atom stereocenters. The number of carbonyl (C=O) groups excluding carboxylic acids is 2. The molecule has 7 nitrogen and oxygen atoms in total. The van der Waals surface area contributed by atoms with E-state index >= 15 is 0 Å². The van der Waals surface area contributed by atoms with Gasteiger partial charge in [0.25, 0.3) is 0 Å². The summed E-state index contributed by atoms with van der Waals surface area (Å²) in [7, 11) is 0. The summed E-state index contributed by atoms with van der Waals surface area (Å²) in [5, 5.41) is 6.41. The normalized spacial score (nSPS) is 18.4. The van der Waals surface area contributed by atoms with E-state index < -0.39 is 6.04 Å². The van der Waals surface area contributed by atoms with Crippen molar-refractivity contribution in [3.8, 4) is 0 Å². The quantitative estimate of drug-likeness (QED) is 0.691. The van der Waals surface area contributed by atoms with Crippen molar-refractivity contribution in [2.75, 3.05) is 30.0 Å². The van der Waals surface area contributed by atoms with Gasteiger partial charge in [0.2, 0.25) is 0 Å². The van der Waals surface area contributed by atoms with Crippen molar-refractivity contribution in [2.24, 2.45) is 0 Å². The van der Waals surface area contributed by atoms with Crippen LogP contribution in [0, 0.1) is 0 Å². The molecule has 30 heavy (non-hydrogen) atoms. The number of anilines is 2. The first-order chi connectivity index (χ1) is 14.7. The maximum Gasteiger partial charge on any atom is 0.322 e. The van der Waals surface area contributed by atoms with Crippen molar-refractivity contribution >= 4 is 23.2 Å². The van der Waals surface area contributed by atoms with Crippen molar-refractivity contribution in [3.05, 3.63) is 59.7 Å². The lowest BCUT2D eigenvalue weighted by Crippen LogP contribution is -2.44. The molecule has 1 aromatic heterocycles. The van der Waals surface area contributed by atoms with Gasteiger partial charge in [0.1, 0.15) is 11.8 Å². The van der Waals surface area contributed by atoms with E-state index in [1.807, 2.05) is 37.3 Å². The van der Waals surface area contributed by atoms with Crippen LogP contribution in [0.5, 0.6) is 0 Å². The number of hydrogen-bond donors (Lipinski definition) is 2. The van der Waals surface area contributed by atoms with Gasteiger partial charge in [-0.3, -0.25) is 9.69 Å². The number of amides is 2. The monoisotopic (exact) mass is 409 g/mol. The van der Waals surface area contributed by atoms with E-state index in [0.717, 1.165) is 24.2 Å². The zero-order valence-corrected chi connectivity index (χ0v) is 17.1. The highest BCUT2D eigenvalue weighted by Gasteiger charge is 2.40. The molecule has 0 bridgehead atoms. The lowest BCUT2D eigenvalue weighted by atomic mass is 9.88. The molecule has 0 radical (unpaired) electrons. The molecule has 7 heteroatoms. The van der Waals surface area contributed by atoms with Gasteiger partial charge >= 0.3 is 6.03 Å². The molecule has 2 aromatic rings. The van der Waals surface area contributed by atoms with Crippen LogP contribution in [0.1, 0.15) is 44.4 Å². The molecule has 0 fully saturated rings.